The lowest BCUT2D eigenvalue weighted by atomic mass is 10.3. The van der Waals surface area contributed by atoms with Gasteiger partial charge in [-0.1, -0.05) is 11.8 Å². The van der Waals surface area contributed by atoms with Gasteiger partial charge in [0, 0.05) is 16.4 Å². The van der Waals surface area contributed by atoms with Crippen LogP contribution in [0.1, 0.15) is 0 Å². The summed E-state index contributed by atoms with van der Waals surface area (Å²) in [5, 5.41) is 3.64. The topological polar surface area (TPSA) is 51.2 Å². The van der Waals surface area contributed by atoms with Gasteiger partial charge in [-0.25, -0.2) is 4.98 Å². The highest BCUT2D eigenvalue weighted by atomic mass is 79.9. The molecule has 2 rings (SSSR count). The Morgan fingerprint density at radius 2 is 2.05 bits per heavy atom. The molecule has 0 fully saturated rings. The number of nitrogens with one attached hydrogen (secondary N) is 1. The van der Waals surface area contributed by atoms with Crippen molar-refractivity contribution in [3.05, 3.63) is 47.1 Å². The first-order valence-electron chi connectivity index (χ1n) is 5.85. The molecule has 2 aromatic rings. The molecule has 0 bridgehead atoms. The van der Waals surface area contributed by atoms with Crippen LogP contribution in [0.25, 0.3) is 0 Å². The SMILES string of the molecule is COc1ccc(NC(=O)CSc2ccc(Br)cn2)cc1. The third kappa shape index (κ3) is 4.54. The van der Waals surface area contributed by atoms with E-state index in [1.807, 2.05) is 12.1 Å². The number of rotatable bonds is 5. The van der Waals surface area contributed by atoms with E-state index in [1.165, 1.54) is 11.8 Å². The molecular formula is C14H13BrN2O2S. The zero-order chi connectivity index (χ0) is 14.4. The Bertz CT molecular complexity index is 573. The summed E-state index contributed by atoms with van der Waals surface area (Å²) in [5.74, 6) is 1.02. The Labute approximate surface area is 130 Å². The minimum Gasteiger partial charge on any atom is -0.497 e. The number of carbonyl (C=O) groups excluding carboxylic acids is 1. The van der Waals surface area contributed by atoms with Crippen LogP contribution in [-0.2, 0) is 4.79 Å². The van der Waals surface area contributed by atoms with Crippen LogP contribution in [0.5, 0.6) is 5.75 Å². The van der Waals surface area contributed by atoms with E-state index in [2.05, 4.69) is 26.2 Å². The van der Waals surface area contributed by atoms with Crippen LogP contribution in [-0.4, -0.2) is 23.8 Å². The molecule has 1 N–H and O–H groups in total. The first kappa shape index (κ1) is 14.9. The number of hydrogen-bond acceptors (Lipinski definition) is 4. The Balaban J connectivity index is 1.84. The highest BCUT2D eigenvalue weighted by molar-refractivity contribution is 9.10. The second kappa shape index (κ2) is 7.31. The van der Waals surface area contributed by atoms with Crippen LogP contribution in [0.15, 0.2) is 52.1 Å². The standard InChI is InChI=1S/C14H13BrN2O2S/c1-19-12-5-3-11(4-6-12)17-13(18)9-20-14-7-2-10(15)8-16-14/h2-8H,9H2,1H3,(H,17,18). The number of carbonyl (C=O) groups is 1. The van der Waals surface area contributed by atoms with Crippen LogP contribution >= 0.6 is 27.7 Å². The number of nitrogens with zero attached hydrogens (tertiary/aromatic N) is 1. The third-order valence-electron chi connectivity index (χ3n) is 2.43. The first-order chi connectivity index (χ1) is 9.67. The molecule has 20 heavy (non-hydrogen) atoms. The molecule has 1 heterocycles. The predicted octanol–water partition coefficient (Wildman–Crippen LogP) is 3.58. The number of ether oxygens (including phenoxy) is 1. The second-order valence-electron chi connectivity index (χ2n) is 3.88. The maximum atomic E-state index is 11.8. The molecule has 0 radical (unpaired) electrons. The van der Waals surface area contributed by atoms with Crippen LogP contribution in [0, 0.1) is 0 Å². The Kier molecular flexibility index (Phi) is 5.43. The average molecular weight is 353 g/mol. The van der Waals surface area contributed by atoms with Crippen molar-refractivity contribution in [3.8, 4) is 5.75 Å². The number of hydrogen-bond donors (Lipinski definition) is 1. The van der Waals surface area contributed by atoms with Gasteiger partial charge < -0.3 is 10.1 Å². The van der Waals surface area contributed by atoms with Crippen LogP contribution in [0.3, 0.4) is 0 Å². The van der Waals surface area contributed by atoms with Crippen molar-refractivity contribution in [3.63, 3.8) is 0 Å². The number of benzene rings is 1. The van der Waals surface area contributed by atoms with Crippen molar-refractivity contribution in [2.45, 2.75) is 5.03 Å². The van der Waals surface area contributed by atoms with Gasteiger partial charge in [0.05, 0.1) is 17.9 Å². The molecule has 0 spiro atoms. The van der Waals surface area contributed by atoms with Gasteiger partial charge in [0.2, 0.25) is 5.91 Å². The van der Waals surface area contributed by atoms with Crippen molar-refractivity contribution in [2.75, 3.05) is 18.2 Å². The summed E-state index contributed by atoms with van der Waals surface area (Å²) in [6, 6.07) is 11.0. The smallest absolute Gasteiger partial charge is 0.234 e. The molecule has 0 saturated heterocycles. The van der Waals surface area contributed by atoms with Crippen LogP contribution < -0.4 is 10.1 Å². The maximum absolute atomic E-state index is 11.8. The predicted molar refractivity (Wildman–Crippen MR) is 84.3 cm³/mol. The average Bonchev–Trinajstić information content (AvgIpc) is 2.47. The molecule has 0 saturated carbocycles. The van der Waals surface area contributed by atoms with E-state index in [9.17, 15) is 4.79 Å². The molecule has 0 aliphatic rings. The summed E-state index contributed by atoms with van der Waals surface area (Å²) in [4.78, 5) is 16.0. The fourth-order valence-electron chi connectivity index (χ4n) is 1.46. The minimum absolute atomic E-state index is 0.0649. The van der Waals surface area contributed by atoms with Gasteiger partial charge in [-0.2, -0.15) is 0 Å². The molecule has 1 aromatic heterocycles. The summed E-state index contributed by atoms with van der Waals surface area (Å²) >= 11 is 4.72. The lowest BCUT2D eigenvalue weighted by Gasteiger charge is -2.06. The first-order valence-corrected chi connectivity index (χ1v) is 7.63. The highest BCUT2D eigenvalue weighted by Crippen LogP contribution is 2.19. The van der Waals surface area contributed by atoms with Gasteiger partial charge in [-0.3, -0.25) is 4.79 Å². The van der Waals surface area contributed by atoms with Crippen molar-refractivity contribution in [1.29, 1.82) is 0 Å². The van der Waals surface area contributed by atoms with Gasteiger partial charge in [-0.05, 0) is 52.3 Å². The zero-order valence-corrected chi connectivity index (χ0v) is 13.2. The van der Waals surface area contributed by atoms with Crippen molar-refractivity contribution < 1.29 is 9.53 Å². The number of methoxy groups -OCH3 is 1. The van der Waals surface area contributed by atoms with E-state index in [4.69, 9.17) is 4.74 Å². The number of anilines is 1. The molecule has 0 unspecified atom stereocenters. The molecule has 0 aliphatic heterocycles. The maximum Gasteiger partial charge on any atom is 0.234 e. The minimum atomic E-state index is -0.0649. The molecular weight excluding hydrogens is 340 g/mol. The van der Waals surface area contributed by atoms with E-state index in [-0.39, 0.29) is 5.91 Å². The molecule has 6 heteroatoms. The van der Waals surface area contributed by atoms with E-state index < -0.39 is 0 Å². The monoisotopic (exact) mass is 352 g/mol. The van der Waals surface area contributed by atoms with E-state index in [1.54, 1.807) is 37.6 Å². The van der Waals surface area contributed by atoms with Crippen molar-refractivity contribution in [2.24, 2.45) is 0 Å². The molecule has 0 atom stereocenters. The van der Waals surface area contributed by atoms with Crippen molar-refractivity contribution >= 4 is 39.3 Å². The molecule has 0 aliphatic carbocycles. The Morgan fingerprint density at radius 1 is 1.30 bits per heavy atom. The zero-order valence-electron chi connectivity index (χ0n) is 10.8. The summed E-state index contributed by atoms with van der Waals surface area (Å²) in [5.41, 5.74) is 0.750. The normalized spacial score (nSPS) is 10.1. The number of thioether (sulfide) groups is 1. The number of aromatic nitrogens is 1. The van der Waals surface area contributed by atoms with Gasteiger partial charge in [0.1, 0.15) is 5.75 Å². The quantitative estimate of drug-likeness (QED) is 0.835. The molecule has 104 valence electrons. The third-order valence-corrected chi connectivity index (χ3v) is 3.84. The highest BCUT2D eigenvalue weighted by Gasteiger charge is 2.04. The summed E-state index contributed by atoms with van der Waals surface area (Å²) in [7, 11) is 1.61. The molecule has 4 nitrogen and oxygen atoms in total. The van der Waals surface area contributed by atoms with Gasteiger partial charge >= 0.3 is 0 Å². The Hall–Kier alpha value is -1.53. The van der Waals surface area contributed by atoms with E-state index >= 15 is 0 Å². The van der Waals surface area contributed by atoms with Gasteiger partial charge in [0.25, 0.3) is 0 Å². The van der Waals surface area contributed by atoms with Crippen molar-refractivity contribution in [1.82, 2.24) is 4.98 Å². The fraction of sp³-hybridized carbons (Fsp3) is 0.143. The number of halogens is 1. The number of pyridine rings is 1. The van der Waals surface area contributed by atoms with E-state index in [0.29, 0.717) is 5.75 Å². The summed E-state index contributed by atoms with van der Waals surface area (Å²) < 4.78 is 5.98. The van der Waals surface area contributed by atoms with Gasteiger partial charge in [-0.15, -0.1) is 0 Å². The second-order valence-corrected chi connectivity index (χ2v) is 5.79. The van der Waals surface area contributed by atoms with Crippen LogP contribution in [0.2, 0.25) is 0 Å². The Morgan fingerprint density at radius 3 is 2.65 bits per heavy atom. The lowest BCUT2D eigenvalue weighted by molar-refractivity contribution is -0.113. The lowest BCUT2D eigenvalue weighted by Crippen LogP contribution is -2.13. The van der Waals surface area contributed by atoms with E-state index in [0.717, 1.165) is 20.9 Å². The number of amides is 1. The summed E-state index contributed by atoms with van der Waals surface area (Å²) in [6.07, 6.45) is 1.71. The molecule has 1 amide bonds. The largest absolute Gasteiger partial charge is 0.497 e. The van der Waals surface area contributed by atoms with Gasteiger partial charge in [0.15, 0.2) is 0 Å². The fourth-order valence-corrected chi connectivity index (χ4v) is 2.34. The summed E-state index contributed by atoms with van der Waals surface area (Å²) in [6.45, 7) is 0. The van der Waals surface area contributed by atoms with Crippen LogP contribution in [0.4, 0.5) is 5.69 Å². The molecule has 1 aromatic carbocycles.